The van der Waals surface area contributed by atoms with Gasteiger partial charge in [-0.15, -0.1) is 11.3 Å². The molecule has 0 saturated heterocycles. The van der Waals surface area contributed by atoms with Crippen LogP contribution >= 0.6 is 11.3 Å². The molecule has 0 spiro atoms. The van der Waals surface area contributed by atoms with Crippen LogP contribution in [0.2, 0.25) is 0 Å². The number of amides is 1. The molecule has 128 valence electrons. The Balaban J connectivity index is 1.57. The van der Waals surface area contributed by atoms with Gasteiger partial charge in [0.05, 0.1) is 12.0 Å². The van der Waals surface area contributed by atoms with E-state index in [1.807, 2.05) is 24.3 Å². The van der Waals surface area contributed by atoms with E-state index in [-0.39, 0.29) is 11.7 Å². The fourth-order valence-corrected chi connectivity index (χ4v) is 3.41. The molecule has 0 radical (unpaired) electrons. The van der Waals surface area contributed by atoms with Gasteiger partial charge in [0.2, 0.25) is 0 Å². The van der Waals surface area contributed by atoms with Crippen LogP contribution in [-0.4, -0.2) is 19.6 Å². The highest BCUT2D eigenvalue weighted by molar-refractivity contribution is 7.17. The number of benzene rings is 2. The van der Waals surface area contributed by atoms with E-state index in [0.717, 1.165) is 22.6 Å². The molecule has 3 aromatic rings. The molecule has 0 saturated carbocycles. The summed E-state index contributed by atoms with van der Waals surface area (Å²) in [6.45, 7) is 0.540. The van der Waals surface area contributed by atoms with E-state index in [4.69, 9.17) is 4.74 Å². The molecule has 3 nitrogen and oxygen atoms in total. The molecule has 5 heteroatoms. The topological polar surface area (TPSA) is 38.3 Å². The molecule has 0 atom stereocenters. The first-order chi connectivity index (χ1) is 12.2. The molecule has 0 fully saturated rings. The first-order valence-electron chi connectivity index (χ1n) is 7.93. The number of thiophene rings is 1. The summed E-state index contributed by atoms with van der Waals surface area (Å²) in [5.41, 5.74) is 1.64. The molecule has 0 aliphatic carbocycles. The summed E-state index contributed by atoms with van der Waals surface area (Å²) in [6, 6.07) is 17.8. The van der Waals surface area contributed by atoms with Gasteiger partial charge >= 0.3 is 0 Å². The number of ether oxygens (including phenoxy) is 1. The Kier molecular flexibility index (Phi) is 5.46. The Morgan fingerprint density at radius 3 is 2.56 bits per heavy atom. The fraction of sp³-hybridized carbons (Fsp3) is 0.150. The first kappa shape index (κ1) is 17.2. The molecule has 0 bridgehead atoms. The summed E-state index contributed by atoms with van der Waals surface area (Å²) in [5.74, 6) is 0.393. The van der Waals surface area contributed by atoms with Crippen LogP contribution in [-0.2, 0) is 6.42 Å². The second kappa shape index (κ2) is 7.94. The molecule has 0 aliphatic rings. The zero-order chi connectivity index (χ0) is 17.6. The van der Waals surface area contributed by atoms with Gasteiger partial charge in [-0.1, -0.05) is 30.3 Å². The highest BCUT2D eigenvalue weighted by Gasteiger charge is 2.12. The number of nitrogens with one attached hydrogen (secondary N) is 1. The number of rotatable bonds is 6. The number of hydrogen-bond acceptors (Lipinski definition) is 3. The monoisotopic (exact) mass is 355 g/mol. The maximum atomic E-state index is 13.8. The van der Waals surface area contributed by atoms with Gasteiger partial charge in [0.1, 0.15) is 11.6 Å². The van der Waals surface area contributed by atoms with Gasteiger partial charge in [-0.2, -0.15) is 0 Å². The third kappa shape index (κ3) is 4.25. The largest absolute Gasteiger partial charge is 0.497 e. The Labute approximate surface area is 150 Å². The van der Waals surface area contributed by atoms with Crippen molar-refractivity contribution in [2.75, 3.05) is 13.7 Å². The van der Waals surface area contributed by atoms with Gasteiger partial charge < -0.3 is 10.1 Å². The van der Waals surface area contributed by atoms with E-state index in [2.05, 4.69) is 5.32 Å². The Morgan fingerprint density at radius 2 is 1.84 bits per heavy atom. The van der Waals surface area contributed by atoms with Crippen LogP contribution in [0.5, 0.6) is 5.75 Å². The zero-order valence-corrected chi connectivity index (χ0v) is 14.6. The van der Waals surface area contributed by atoms with Crippen molar-refractivity contribution in [1.82, 2.24) is 5.32 Å². The van der Waals surface area contributed by atoms with Gasteiger partial charge in [-0.05, 0) is 42.3 Å². The van der Waals surface area contributed by atoms with Gasteiger partial charge in [-0.3, -0.25) is 4.79 Å². The Hall–Kier alpha value is -2.66. The van der Waals surface area contributed by atoms with Crippen LogP contribution in [0.4, 0.5) is 4.39 Å². The summed E-state index contributed by atoms with van der Waals surface area (Å²) < 4.78 is 18.9. The van der Waals surface area contributed by atoms with E-state index in [1.165, 1.54) is 17.4 Å². The predicted molar refractivity (Wildman–Crippen MR) is 98.7 cm³/mol. The Morgan fingerprint density at radius 1 is 1.08 bits per heavy atom. The molecule has 1 aromatic heterocycles. The van der Waals surface area contributed by atoms with Crippen molar-refractivity contribution in [2.45, 2.75) is 6.42 Å². The summed E-state index contributed by atoms with van der Waals surface area (Å²) in [4.78, 5) is 13.6. The SMILES string of the molecule is COc1ccc(CCNC(=O)c2ccc(-c3ccccc3F)s2)cc1. The average Bonchev–Trinajstić information content (AvgIpc) is 3.12. The second-order valence-electron chi connectivity index (χ2n) is 5.50. The normalized spacial score (nSPS) is 10.5. The summed E-state index contributed by atoms with van der Waals surface area (Å²) in [6.07, 6.45) is 0.737. The number of methoxy groups -OCH3 is 1. The van der Waals surface area contributed by atoms with E-state index in [1.54, 1.807) is 37.4 Å². The maximum Gasteiger partial charge on any atom is 0.261 e. The number of hydrogen-bond donors (Lipinski definition) is 1. The highest BCUT2D eigenvalue weighted by Crippen LogP contribution is 2.29. The molecule has 1 heterocycles. The van der Waals surface area contributed by atoms with Crippen molar-refractivity contribution in [2.24, 2.45) is 0 Å². The Bertz CT molecular complexity index is 858. The van der Waals surface area contributed by atoms with Crippen LogP contribution < -0.4 is 10.1 Å². The first-order valence-corrected chi connectivity index (χ1v) is 8.75. The second-order valence-corrected chi connectivity index (χ2v) is 6.58. The van der Waals surface area contributed by atoms with Gasteiger partial charge in [-0.25, -0.2) is 4.39 Å². The van der Waals surface area contributed by atoms with Crippen molar-refractivity contribution in [3.05, 3.63) is 76.9 Å². The van der Waals surface area contributed by atoms with Crippen LogP contribution in [0.3, 0.4) is 0 Å². The molecule has 2 aromatic carbocycles. The predicted octanol–water partition coefficient (Wildman–Crippen LogP) is 4.54. The zero-order valence-electron chi connectivity index (χ0n) is 13.8. The molecule has 3 rings (SSSR count). The molecule has 1 N–H and O–H groups in total. The van der Waals surface area contributed by atoms with E-state index < -0.39 is 0 Å². The maximum absolute atomic E-state index is 13.8. The van der Waals surface area contributed by atoms with E-state index >= 15 is 0 Å². The lowest BCUT2D eigenvalue weighted by atomic mass is 10.1. The third-order valence-corrected chi connectivity index (χ3v) is 4.94. The average molecular weight is 355 g/mol. The standard InChI is InChI=1S/C20H18FNO2S/c1-24-15-8-6-14(7-9-15)12-13-22-20(23)19-11-10-18(25-19)16-4-2-3-5-17(16)21/h2-11H,12-13H2,1H3,(H,22,23). The van der Waals surface area contributed by atoms with Crippen molar-refractivity contribution in [3.63, 3.8) is 0 Å². The number of carbonyl (C=O) groups excluding carboxylic acids is 1. The molecular weight excluding hydrogens is 337 g/mol. The highest BCUT2D eigenvalue weighted by atomic mass is 32.1. The van der Waals surface area contributed by atoms with Crippen LogP contribution in [0, 0.1) is 5.82 Å². The number of halogens is 1. The summed E-state index contributed by atoms with van der Waals surface area (Å²) in [5, 5.41) is 2.90. The van der Waals surface area contributed by atoms with Crippen molar-refractivity contribution in [1.29, 1.82) is 0 Å². The minimum absolute atomic E-state index is 0.138. The van der Waals surface area contributed by atoms with E-state index in [9.17, 15) is 9.18 Å². The quantitative estimate of drug-likeness (QED) is 0.705. The molecular formula is C20H18FNO2S. The summed E-state index contributed by atoms with van der Waals surface area (Å²) >= 11 is 1.29. The number of carbonyl (C=O) groups is 1. The smallest absolute Gasteiger partial charge is 0.261 e. The van der Waals surface area contributed by atoms with Gasteiger partial charge in [0, 0.05) is 17.0 Å². The van der Waals surface area contributed by atoms with Crippen molar-refractivity contribution in [3.8, 4) is 16.2 Å². The minimum Gasteiger partial charge on any atom is -0.497 e. The summed E-state index contributed by atoms with van der Waals surface area (Å²) in [7, 11) is 1.63. The molecule has 25 heavy (non-hydrogen) atoms. The van der Waals surface area contributed by atoms with Crippen LogP contribution in [0.15, 0.2) is 60.7 Å². The minimum atomic E-state index is -0.282. The fourth-order valence-electron chi connectivity index (χ4n) is 2.47. The van der Waals surface area contributed by atoms with E-state index in [0.29, 0.717) is 17.0 Å². The molecule has 0 unspecified atom stereocenters. The van der Waals surface area contributed by atoms with Crippen LogP contribution in [0.1, 0.15) is 15.2 Å². The van der Waals surface area contributed by atoms with Crippen molar-refractivity contribution >= 4 is 17.2 Å². The lowest BCUT2D eigenvalue weighted by molar-refractivity contribution is 0.0958. The lowest BCUT2D eigenvalue weighted by Gasteiger charge is -2.05. The molecule has 1 amide bonds. The molecule has 0 aliphatic heterocycles. The van der Waals surface area contributed by atoms with Gasteiger partial charge in [0.25, 0.3) is 5.91 Å². The van der Waals surface area contributed by atoms with Crippen molar-refractivity contribution < 1.29 is 13.9 Å². The lowest BCUT2D eigenvalue weighted by Crippen LogP contribution is -2.24. The third-order valence-electron chi connectivity index (χ3n) is 3.83. The van der Waals surface area contributed by atoms with Gasteiger partial charge in [0.15, 0.2) is 0 Å². The van der Waals surface area contributed by atoms with Crippen LogP contribution in [0.25, 0.3) is 10.4 Å².